The predicted molar refractivity (Wildman–Crippen MR) is 115 cm³/mol. The summed E-state index contributed by atoms with van der Waals surface area (Å²) in [4.78, 5) is 7.43. The molecule has 1 aromatic heterocycles. The lowest BCUT2D eigenvalue weighted by Gasteiger charge is -2.30. The van der Waals surface area contributed by atoms with Crippen LogP contribution >= 0.6 is 0 Å². The van der Waals surface area contributed by atoms with Crippen LogP contribution in [0.2, 0.25) is 0 Å². The fraction of sp³-hybridized carbons (Fsp3) is 0.320. The maximum Gasteiger partial charge on any atom is 0.157 e. The molecule has 28 heavy (non-hydrogen) atoms. The van der Waals surface area contributed by atoms with Crippen molar-refractivity contribution in [2.75, 3.05) is 18.0 Å². The minimum Gasteiger partial charge on any atom is -0.374 e. The molecule has 2 aromatic carbocycles. The molecule has 3 aromatic rings. The Morgan fingerprint density at radius 1 is 1.00 bits per heavy atom. The van der Waals surface area contributed by atoms with E-state index in [2.05, 4.69) is 24.8 Å². The van der Waals surface area contributed by atoms with E-state index in [9.17, 15) is 5.11 Å². The van der Waals surface area contributed by atoms with Gasteiger partial charge in [0.1, 0.15) is 5.82 Å². The Labute approximate surface area is 167 Å². The summed E-state index contributed by atoms with van der Waals surface area (Å²) in [6, 6.07) is 21.8. The van der Waals surface area contributed by atoms with E-state index >= 15 is 0 Å². The van der Waals surface area contributed by atoms with Crippen molar-refractivity contribution >= 4 is 5.82 Å². The third kappa shape index (κ3) is 3.20. The number of rotatable bonds is 6. The third-order valence-electron chi connectivity index (χ3n) is 5.79. The summed E-state index contributed by atoms with van der Waals surface area (Å²) >= 11 is 0. The molecule has 3 nitrogen and oxygen atoms in total. The number of aryl methyl sites for hydroxylation is 1. The first-order chi connectivity index (χ1) is 13.6. The van der Waals surface area contributed by atoms with E-state index in [1.807, 2.05) is 60.7 Å². The smallest absolute Gasteiger partial charge is 0.157 e. The van der Waals surface area contributed by atoms with E-state index in [0.717, 1.165) is 42.9 Å². The summed E-state index contributed by atoms with van der Waals surface area (Å²) in [6.07, 6.45) is 3.36. The van der Waals surface area contributed by atoms with E-state index in [0.29, 0.717) is 5.69 Å². The zero-order valence-electron chi connectivity index (χ0n) is 16.7. The Balaban J connectivity index is 1.88. The minimum absolute atomic E-state index is 0.699. The number of benzene rings is 2. The fourth-order valence-electron chi connectivity index (χ4n) is 4.18. The fourth-order valence-corrected chi connectivity index (χ4v) is 4.18. The molecule has 0 radical (unpaired) electrons. The second-order valence-electron chi connectivity index (χ2n) is 7.66. The van der Waals surface area contributed by atoms with Crippen molar-refractivity contribution in [3.05, 3.63) is 94.7 Å². The molecule has 1 aliphatic rings. The van der Waals surface area contributed by atoms with Gasteiger partial charge in [0, 0.05) is 13.1 Å². The highest BCUT2D eigenvalue weighted by Crippen LogP contribution is 2.39. The lowest BCUT2D eigenvalue weighted by molar-refractivity contribution is 0.121. The number of anilines is 1. The molecule has 0 bridgehead atoms. The van der Waals surface area contributed by atoms with Gasteiger partial charge in [0.25, 0.3) is 0 Å². The molecule has 0 fully saturated rings. The molecule has 0 aliphatic carbocycles. The molecule has 4 rings (SSSR count). The zero-order chi connectivity index (χ0) is 19.6. The molecule has 1 N–H and O–H groups in total. The first kappa shape index (κ1) is 18.7. The van der Waals surface area contributed by atoms with Crippen LogP contribution in [0.25, 0.3) is 0 Å². The van der Waals surface area contributed by atoms with Crippen LogP contribution in [0.1, 0.15) is 47.7 Å². The van der Waals surface area contributed by atoms with Crippen molar-refractivity contribution < 1.29 is 5.11 Å². The highest BCUT2D eigenvalue weighted by Gasteiger charge is 2.37. The van der Waals surface area contributed by atoms with Gasteiger partial charge in [0.15, 0.2) is 5.60 Å². The molecule has 144 valence electrons. The maximum atomic E-state index is 12.1. The molecule has 0 unspecified atom stereocenters. The molecule has 3 heteroatoms. The molecule has 1 aliphatic heterocycles. The number of pyridine rings is 1. The topological polar surface area (TPSA) is 36.4 Å². The molecule has 0 saturated heterocycles. The third-order valence-corrected chi connectivity index (χ3v) is 5.79. The van der Waals surface area contributed by atoms with E-state index in [1.54, 1.807) is 0 Å². The summed E-state index contributed by atoms with van der Waals surface area (Å²) < 4.78 is 0. The van der Waals surface area contributed by atoms with Crippen molar-refractivity contribution in [1.29, 1.82) is 0 Å². The van der Waals surface area contributed by atoms with Crippen molar-refractivity contribution in [1.82, 2.24) is 4.98 Å². The highest BCUT2D eigenvalue weighted by atomic mass is 16.3. The summed E-state index contributed by atoms with van der Waals surface area (Å²) in [5.41, 5.74) is 3.64. The van der Waals surface area contributed by atoms with Crippen LogP contribution in [0.4, 0.5) is 5.82 Å². The van der Waals surface area contributed by atoms with Crippen LogP contribution in [0.3, 0.4) is 0 Å². The van der Waals surface area contributed by atoms with Gasteiger partial charge in [-0.25, -0.2) is 4.98 Å². The standard InChI is InChI=1S/C25H28N2O/c1-3-4-16-27-17-15-22-19(2)18-23(26-24(22)27)25(28,20-11-7-5-8-12-20)21-13-9-6-10-14-21/h5-14,18,28H,3-4,15-17H2,1-2H3. The Bertz CT molecular complexity index is 898. The average Bonchev–Trinajstić information content (AvgIpc) is 3.16. The number of hydrogen-bond donors (Lipinski definition) is 1. The number of unbranched alkanes of at least 4 members (excludes halogenated alkanes) is 1. The van der Waals surface area contributed by atoms with Gasteiger partial charge >= 0.3 is 0 Å². The molecule has 0 amide bonds. The normalized spacial score (nSPS) is 13.6. The number of nitrogens with zero attached hydrogens (tertiary/aromatic N) is 2. The molecule has 2 heterocycles. The molecule has 0 atom stereocenters. The number of aliphatic hydroxyl groups is 1. The van der Waals surface area contributed by atoms with Crippen molar-refractivity contribution in [2.24, 2.45) is 0 Å². The van der Waals surface area contributed by atoms with Gasteiger partial charge in [-0.15, -0.1) is 0 Å². The van der Waals surface area contributed by atoms with Crippen molar-refractivity contribution in [2.45, 2.75) is 38.7 Å². The first-order valence-electron chi connectivity index (χ1n) is 10.2. The van der Waals surface area contributed by atoms with Gasteiger partial charge in [-0.05, 0) is 48.1 Å². The van der Waals surface area contributed by atoms with Crippen LogP contribution in [0.15, 0.2) is 66.7 Å². The minimum atomic E-state index is -1.28. The van der Waals surface area contributed by atoms with Crippen molar-refractivity contribution in [3.8, 4) is 0 Å². The van der Waals surface area contributed by atoms with Crippen LogP contribution < -0.4 is 4.90 Å². The largest absolute Gasteiger partial charge is 0.374 e. The zero-order valence-corrected chi connectivity index (χ0v) is 16.7. The molecule has 0 spiro atoms. The van der Waals surface area contributed by atoms with Crippen molar-refractivity contribution in [3.63, 3.8) is 0 Å². The Morgan fingerprint density at radius 3 is 2.18 bits per heavy atom. The quantitative estimate of drug-likeness (QED) is 0.673. The summed E-state index contributed by atoms with van der Waals surface area (Å²) in [5.74, 6) is 1.05. The molecular formula is C25H28N2O. The van der Waals surface area contributed by atoms with E-state index in [1.165, 1.54) is 17.5 Å². The summed E-state index contributed by atoms with van der Waals surface area (Å²) in [5, 5.41) is 12.1. The molecular weight excluding hydrogens is 344 g/mol. The Morgan fingerprint density at radius 2 is 1.61 bits per heavy atom. The Hall–Kier alpha value is -2.65. The van der Waals surface area contributed by atoms with Gasteiger partial charge in [-0.3, -0.25) is 0 Å². The summed E-state index contributed by atoms with van der Waals surface area (Å²) in [6.45, 7) is 6.40. The van der Waals surface area contributed by atoms with Gasteiger partial charge < -0.3 is 10.0 Å². The number of aromatic nitrogens is 1. The monoisotopic (exact) mass is 372 g/mol. The van der Waals surface area contributed by atoms with Gasteiger partial charge in [-0.1, -0.05) is 74.0 Å². The van der Waals surface area contributed by atoms with Crippen LogP contribution in [-0.4, -0.2) is 23.2 Å². The first-order valence-corrected chi connectivity index (χ1v) is 10.2. The number of fused-ring (bicyclic) bond motifs is 1. The lowest BCUT2D eigenvalue weighted by Crippen LogP contribution is -2.31. The van der Waals surface area contributed by atoms with Crippen LogP contribution in [0.5, 0.6) is 0 Å². The average molecular weight is 373 g/mol. The van der Waals surface area contributed by atoms with Gasteiger partial charge in [-0.2, -0.15) is 0 Å². The maximum absolute atomic E-state index is 12.1. The molecule has 0 saturated carbocycles. The summed E-state index contributed by atoms with van der Waals surface area (Å²) in [7, 11) is 0. The number of hydrogen-bond acceptors (Lipinski definition) is 3. The second-order valence-corrected chi connectivity index (χ2v) is 7.66. The SMILES string of the molecule is CCCCN1CCc2c(C)cc(C(O)(c3ccccc3)c3ccccc3)nc21. The van der Waals surface area contributed by atoms with E-state index in [4.69, 9.17) is 4.98 Å². The lowest BCUT2D eigenvalue weighted by atomic mass is 9.82. The predicted octanol–water partition coefficient (Wildman–Crippen LogP) is 4.84. The highest BCUT2D eigenvalue weighted by molar-refractivity contribution is 5.58. The van der Waals surface area contributed by atoms with Crippen LogP contribution in [-0.2, 0) is 12.0 Å². The Kier molecular flexibility index (Phi) is 5.19. The second kappa shape index (κ2) is 7.76. The van der Waals surface area contributed by atoms with Crippen LogP contribution in [0, 0.1) is 6.92 Å². The van der Waals surface area contributed by atoms with E-state index < -0.39 is 5.60 Å². The van der Waals surface area contributed by atoms with E-state index in [-0.39, 0.29) is 0 Å². The van der Waals surface area contributed by atoms with Gasteiger partial charge in [0.2, 0.25) is 0 Å². The van der Waals surface area contributed by atoms with Gasteiger partial charge in [0.05, 0.1) is 5.69 Å².